The van der Waals surface area contributed by atoms with E-state index >= 15 is 0 Å². The lowest BCUT2D eigenvalue weighted by molar-refractivity contribution is -0.0174. The summed E-state index contributed by atoms with van der Waals surface area (Å²) >= 11 is 0. The highest BCUT2D eigenvalue weighted by Crippen LogP contribution is 2.60. The van der Waals surface area contributed by atoms with Gasteiger partial charge in [0.15, 0.2) is 0 Å². The molecule has 1 unspecified atom stereocenters. The fourth-order valence-electron chi connectivity index (χ4n) is 5.44. The van der Waals surface area contributed by atoms with E-state index in [2.05, 4.69) is 16.8 Å². The summed E-state index contributed by atoms with van der Waals surface area (Å²) in [6.07, 6.45) is 3.61. The molecule has 3 aliphatic rings. The third kappa shape index (κ3) is 6.32. The predicted molar refractivity (Wildman–Crippen MR) is 146 cm³/mol. The van der Waals surface area contributed by atoms with E-state index in [9.17, 15) is 13.6 Å². The first-order valence-electron chi connectivity index (χ1n) is 14.2. The van der Waals surface area contributed by atoms with Crippen molar-refractivity contribution in [3.05, 3.63) is 47.2 Å². The number of carbonyl (C=O) groups is 1. The lowest BCUT2D eigenvalue weighted by atomic mass is 10.1. The number of benzene rings is 1. The normalized spacial score (nSPS) is 23.9. The molecule has 1 aliphatic carbocycles. The van der Waals surface area contributed by atoms with Crippen LogP contribution in [0.15, 0.2) is 30.3 Å². The van der Waals surface area contributed by atoms with Crippen LogP contribution in [0, 0.1) is 5.41 Å². The van der Waals surface area contributed by atoms with Crippen molar-refractivity contribution in [1.82, 2.24) is 14.9 Å². The van der Waals surface area contributed by atoms with Crippen LogP contribution in [-0.4, -0.2) is 58.3 Å². The first-order valence-corrected chi connectivity index (χ1v) is 14.2. The SMILES string of the molecule is CC1CCCCCN1c1nc(OC[C@]2(COCc3ccccc3)CC2(F)F)nc2c1CN(C(=O)OC(C)(C)C)C2. The van der Waals surface area contributed by atoms with Gasteiger partial charge in [0.25, 0.3) is 5.92 Å². The molecule has 2 fully saturated rings. The van der Waals surface area contributed by atoms with E-state index in [0.717, 1.165) is 49.2 Å². The molecule has 3 heterocycles. The Kier molecular flexibility index (Phi) is 7.92. The molecule has 5 rings (SSSR count). The minimum absolute atomic E-state index is 0.0568. The van der Waals surface area contributed by atoms with Crippen molar-refractivity contribution >= 4 is 11.9 Å². The van der Waals surface area contributed by atoms with E-state index in [0.29, 0.717) is 12.2 Å². The Bertz CT molecular complexity index is 1210. The van der Waals surface area contributed by atoms with Crippen molar-refractivity contribution in [2.75, 3.05) is 24.7 Å². The van der Waals surface area contributed by atoms with E-state index in [1.54, 1.807) is 4.90 Å². The van der Waals surface area contributed by atoms with Gasteiger partial charge in [-0.1, -0.05) is 43.2 Å². The first kappa shape index (κ1) is 28.5. The third-order valence-electron chi connectivity index (χ3n) is 7.90. The van der Waals surface area contributed by atoms with E-state index in [-0.39, 0.29) is 44.8 Å². The topological polar surface area (TPSA) is 77.0 Å². The van der Waals surface area contributed by atoms with Crippen LogP contribution < -0.4 is 9.64 Å². The molecule has 0 N–H and O–H groups in total. The second kappa shape index (κ2) is 11.1. The highest BCUT2D eigenvalue weighted by molar-refractivity contribution is 5.70. The van der Waals surface area contributed by atoms with Gasteiger partial charge in [-0.15, -0.1) is 0 Å². The summed E-state index contributed by atoms with van der Waals surface area (Å²) in [6, 6.07) is 9.79. The van der Waals surface area contributed by atoms with Crippen LogP contribution in [0.2, 0.25) is 0 Å². The Morgan fingerprint density at radius 2 is 1.82 bits per heavy atom. The summed E-state index contributed by atoms with van der Waals surface area (Å²) in [6.45, 7) is 8.95. The van der Waals surface area contributed by atoms with Crippen molar-refractivity contribution in [1.29, 1.82) is 0 Å². The molecule has 8 nitrogen and oxygen atoms in total. The second-order valence-corrected chi connectivity index (χ2v) is 12.4. The van der Waals surface area contributed by atoms with Gasteiger partial charge in [-0.3, -0.25) is 4.90 Å². The summed E-state index contributed by atoms with van der Waals surface area (Å²) < 4.78 is 46.4. The smallest absolute Gasteiger partial charge is 0.410 e. The summed E-state index contributed by atoms with van der Waals surface area (Å²) in [5.74, 6) is -2.16. The number of hydrogen-bond donors (Lipinski definition) is 0. The van der Waals surface area contributed by atoms with Crippen molar-refractivity contribution in [2.45, 2.75) is 97.1 Å². The molecule has 1 aromatic heterocycles. The maximum Gasteiger partial charge on any atom is 0.410 e. The number of alkyl halides is 2. The third-order valence-corrected chi connectivity index (χ3v) is 7.90. The molecule has 2 aromatic rings. The van der Waals surface area contributed by atoms with Gasteiger partial charge in [0.2, 0.25) is 0 Å². The fourth-order valence-corrected chi connectivity index (χ4v) is 5.44. The number of amides is 1. The summed E-state index contributed by atoms with van der Waals surface area (Å²) in [5, 5.41) is 0. The minimum atomic E-state index is -2.88. The minimum Gasteiger partial charge on any atom is -0.462 e. The molecule has 218 valence electrons. The van der Waals surface area contributed by atoms with E-state index in [1.807, 2.05) is 51.1 Å². The number of anilines is 1. The Morgan fingerprint density at radius 1 is 1.07 bits per heavy atom. The van der Waals surface area contributed by atoms with Gasteiger partial charge < -0.3 is 19.1 Å². The lowest BCUT2D eigenvalue weighted by Crippen LogP contribution is -2.35. The molecule has 0 spiro atoms. The number of rotatable bonds is 8. The Hall–Kier alpha value is -3.01. The number of fused-ring (bicyclic) bond motifs is 1. The molecule has 40 heavy (non-hydrogen) atoms. The molecule has 10 heteroatoms. The monoisotopic (exact) mass is 558 g/mol. The summed E-state index contributed by atoms with van der Waals surface area (Å²) in [5.41, 5.74) is 0.419. The van der Waals surface area contributed by atoms with Crippen LogP contribution >= 0.6 is 0 Å². The van der Waals surface area contributed by atoms with Crippen LogP contribution in [0.25, 0.3) is 0 Å². The highest BCUT2D eigenvalue weighted by atomic mass is 19.3. The molecular weight excluding hydrogens is 518 g/mol. The van der Waals surface area contributed by atoms with Crippen molar-refractivity contribution < 1.29 is 27.8 Å². The van der Waals surface area contributed by atoms with Crippen molar-refractivity contribution in [2.24, 2.45) is 5.41 Å². The fraction of sp³-hybridized carbons (Fsp3) is 0.633. The van der Waals surface area contributed by atoms with Gasteiger partial charge in [0.1, 0.15) is 18.0 Å². The standard InChI is InChI=1S/C30H40F2N4O4/c1-21-11-7-6-10-14-36(21)25-23-15-35(27(37)40-28(2,3)4)16-24(23)33-26(34-25)39-20-29(18-30(29,31)32)19-38-17-22-12-8-5-9-13-22/h5,8-9,12-13,21H,6-7,10-11,14-20H2,1-4H3/t21?,29-/m1/s1. The van der Waals surface area contributed by atoms with E-state index in [4.69, 9.17) is 19.2 Å². The Balaban J connectivity index is 1.34. The van der Waals surface area contributed by atoms with Crippen LogP contribution in [-0.2, 0) is 29.2 Å². The van der Waals surface area contributed by atoms with Crippen LogP contribution in [0.4, 0.5) is 19.4 Å². The second-order valence-electron chi connectivity index (χ2n) is 12.4. The van der Waals surface area contributed by atoms with Crippen molar-refractivity contribution in [3.63, 3.8) is 0 Å². The molecule has 0 bridgehead atoms. The average molecular weight is 559 g/mol. The molecule has 1 amide bonds. The maximum absolute atomic E-state index is 14.6. The van der Waals surface area contributed by atoms with Gasteiger partial charge in [0.05, 0.1) is 37.4 Å². The van der Waals surface area contributed by atoms with Gasteiger partial charge >= 0.3 is 12.1 Å². The lowest BCUT2D eigenvalue weighted by Gasteiger charge is -2.30. The molecule has 0 radical (unpaired) electrons. The summed E-state index contributed by atoms with van der Waals surface area (Å²) in [7, 11) is 0. The van der Waals surface area contributed by atoms with Gasteiger partial charge in [0, 0.05) is 24.6 Å². The molecule has 1 aromatic carbocycles. The number of nitrogens with zero attached hydrogens (tertiary/aromatic N) is 4. The number of halogens is 2. The zero-order chi connectivity index (χ0) is 28.5. The maximum atomic E-state index is 14.6. The van der Waals surface area contributed by atoms with Gasteiger partial charge in [-0.05, 0) is 46.1 Å². The number of aromatic nitrogens is 2. The van der Waals surface area contributed by atoms with Crippen LogP contribution in [0.1, 0.15) is 76.6 Å². The van der Waals surface area contributed by atoms with Crippen LogP contribution in [0.3, 0.4) is 0 Å². The van der Waals surface area contributed by atoms with Gasteiger partial charge in [-0.25, -0.2) is 13.6 Å². The molecular formula is C30H40F2N4O4. The van der Waals surface area contributed by atoms with Crippen molar-refractivity contribution in [3.8, 4) is 6.01 Å². The average Bonchev–Trinajstić information content (AvgIpc) is 3.27. The van der Waals surface area contributed by atoms with E-state index in [1.165, 1.54) is 0 Å². The highest BCUT2D eigenvalue weighted by Gasteiger charge is 2.72. The zero-order valence-corrected chi connectivity index (χ0v) is 23.9. The number of ether oxygens (including phenoxy) is 3. The van der Waals surface area contributed by atoms with Gasteiger partial charge in [-0.2, -0.15) is 9.97 Å². The van der Waals surface area contributed by atoms with Crippen LogP contribution in [0.5, 0.6) is 6.01 Å². The Morgan fingerprint density at radius 3 is 2.52 bits per heavy atom. The Labute approximate surface area is 235 Å². The molecule has 2 atom stereocenters. The number of carbonyl (C=O) groups excluding carboxylic acids is 1. The van der Waals surface area contributed by atoms with E-state index < -0.39 is 23.0 Å². The number of hydrogen-bond acceptors (Lipinski definition) is 7. The zero-order valence-electron chi connectivity index (χ0n) is 23.9. The quantitative estimate of drug-likeness (QED) is 0.387. The molecule has 2 aliphatic heterocycles. The molecule has 1 saturated carbocycles. The largest absolute Gasteiger partial charge is 0.462 e. The molecule has 1 saturated heterocycles. The predicted octanol–water partition coefficient (Wildman–Crippen LogP) is 6.12. The first-order chi connectivity index (χ1) is 19.0. The summed E-state index contributed by atoms with van der Waals surface area (Å²) in [4.78, 5) is 26.1.